The molecule has 2 aromatic heterocycles. The van der Waals surface area contributed by atoms with E-state index < -0.39 is 18.6 Å². The van der Waals surface area contributed by atoms with Crippen molar-refractivity contribution in [2.24, 2.45) is 0 Å². The number of pyridine rings is 1. The molecule has 0 saturated heterocycles. The molecule has 6 nitrogen and oxygen atoms in total. The van der Waals surface area contributed by atoms with Crippen LogP contribution in [0, 0.1) is 0 Å². The van der Waals surface area contributed by atoms with Crippen LogP contribution in [-0.2, 0) is 0 Å². The second-order valence-corrected chi connectivity index (χ2v) is 5.07. The van der Waals surface area contributed by atoms with Crippen LogP contribution in [0.1, 0.15) is 10.4 Å². The molecule has 0 aliphatic rings. The van der Waals surface area contributed by atoms with Crippen molar-refractivity contribution in [2.75, 3.05) is 12.3 Å². The van der Waals surface area contributed by atoms with Gasteiger partial charge in [0.05, 0.1) is 0 Å². The highest BCUT2D eigenvalue weighted by Gasteiger charge is 2.27. The number of hydrogen-bond donors (Lipinski definition) is 2. The summed E-state index contributed by atoms with van der Waals surface area (Å²) in [6.45, 7) is -1.36. The Bertz CT molecular complexity index is 886. The van der Waals surface area contributed by atoms with Crippen molar-refractivity contribution in [3.63, 3.8) is 0 Å². The zero-order chi connectivity index (χ0) is 17.3. The molecule has 0 saturated carbocycles. The Balaban J connectivity index is 1.79. The van der Waals surface area contributed by atoms with Crippen LogP contribution >= 0.6 is 0 Å². The molecule has 24 heavy (non-hydrogen) atoms. The molecule has 9 heteroatoms. The maximum atomic E-state index is 12.1. The summed E-state index contributed by atoms with van der Waals surface area (Å²) in [4.78, 5) is 15.7. The van der Waals surface area contributed by atoms with E-state index in [4.69, 9.17) is 5.73 Å². The van der Waals surface area contributed by atoms with Gasteiger partial charge in [-0.25, -0.2) is 4.52 Å². The first-order valence-corrected chi connectivity index (χ1v) is 6.89. The maximum absolute atomic E-state index is 12.1. The number of alkyl halides is 3. The van der Waals surface area contributed by atoms with E-state index in [0.29, 0.717) is 5.65 Å². The Labute approximate surface area is 134 Å². The van der Waals surface area contributed by atoms with Crippen molar-refractivity contribution in [3.05, 3.63) is 48.2 Å². The zero-order valence-electron chi connectivity index (χ0n) is 12.2. The zero-order valence-corrected chi connectivity index (χ0v) is 12.2. The molecule has 0 fully saturated rings. The van der Waals surface area contributed by atoms with Crippen LogP contribution in [0.3, 0.4) is 0 Å². The lowest BCUT2D eigenvalue weighted by atomic mass is 10.1. The largest absolute Gasteiger partial charge is 0.405 e. The molecule has 3 aromatic rings. The summed E-state index contributed by atoms with van der Waals surface area (Å²) in [6, 6.07) is 9.75. The van der Waals surface area contributed by atoms with Crippen molar-refractivity contribution in [3.8, 4) is 11.1 Å². The molecular formula is C15H12F3N5O. The van der Waals surface area contributed by atoms with Crippen LogP contribution < -0.4 is 11.1 Å². The minimum absolute atomic E-state index is 0.147. The Kier molecular flexibility index (Phi) is 3.84. The molecule has 0 aliphatic heterocycles. The number of fused-ring (bicyclic) bond motifs is 1. The van der Waals surface area contributed by atoms with Gasteiger partial charge < -0.3 is 11.1 Å². The summed E-state index contributed by atoms with van der Waals surface area (Å²) in [5, 5.41) is 5.83. The SMILES string of the molecule is Nc1nc2ccc(-c3ccc(C(=O)NCC(F)(F)F)cc3)cn2n1. The fourth-order valence-electron chi connectivity index (χ4n) is 2.17. The van der Waals surface area contributed by atoms with Gasteiger partial charge in [-0.15, -0.1) is 5.10 Å². The molecule has 0 atom stereocenters. The van der Waals surface area contributed by atoms with Gasteiger partial charge in [-0.3, -0.25) is 4.79 Å². The fraction of sp³-hybridized carbons (Fsp3) is 0.133. The van der Waals surface area contributed by atoms with E-state index in [1.807, 2.05) is 11.4 Å². The van der Waals surface area contributed by atoms with Crippen molar-refractivity contribution in [1.82, 2.24) is 19.9 Å². The van der Waals surface area contributed by atoms with E-state index in [2.05, 4.69) is 10.1 Å². The van der Waals surface area contributed by atoms with Crippen molar-refractivity contribution in [2.45, 2.75) is 6.18 Å². The number of aromatic nitrogens is 3. The number of amides is 1. The number of halogens is 3. The number of hydrogen-bond acceptors (Lipinski definition) is 4. The molecule has 2 heterocycles. The molecule has 0 unspecified atom stereocenters. The van der Waals surface area contributed by atoms with Crippen LogP contribution in [0.4, 0.5) is 19.1 Å². The van der Waals surface area contributed by atoms with E-state index in [0.717, 1.165) is 11.1 Å². The summed E-state index contributed by atoms with van der Waals surface area (Å²) in [7, 11) is 0. The van der Waals surface area contributed by atoms with Crippen molar-refractivity contribution < 1.29 is 18.0 Å². The Morgan fingerprint density at radius 3 is 2.46 bits per heavy atom. The standard InChI is InChI=1S/C15H12F3N5O/c16-15(17,18)8-20-13(24)10-3-1-9(2-4-10)11-5-6-12-21-14(19)22-23(12)7-11/h1-7H,8H2,(H2,19,22)(H,20,24). The van der Waals surface area contributed by atoms with Gasteiger partial charge in [-0.05, 0) is 29.8 Å². The minimum Gasteiger partial charge on any atom is -0.366 e. The predicted octanol–water partition coefficient (Wildman–Crippen LogP) is 2.27. The third-order valence-corrected chi connectivity index (χ3v) is 3.28. The number of benzene rings is 1. The van der Waals surface area contributed by atoms with Gasteiger partial charge in [0, 0.05) is 17.3 Å². The third-order valence-electron chi connectivity index (χ3n) is 3.28. The van der Waals surface area contributed by atoms with E-state index >= 15 is 0 Å². The summed E-state index contributed by atoms with van der Waals surface area (Å²) in [5.41, 5.74) is 7.84. The molecule has 0 radical (unpaired) electrons. The molecule has 124 valence electrons. The summed E-state index contributed by atoms with van der Waals surface area (Å²) in [5.74, 6) is -0.623. The molecule has 1 aromatic carbocycles. The highest BCUT2D eigenvalue weighted by atomic mass is 19.4. The first kappa shape index (κ1) is 15.8. The van der Waals surface area contributed by atoms with Gasteiger partial charge in [0.2, 0.25) is 5.95 Å². The lowest BCUT2D eigenvalue weighted by Crippen LogP contribution is -2.33. The number of nitrogen functional groups attached to an aromatic ring is 1. The minimum atomic E-state index is -4.44. The monoisotopic (exact) mass is 335 g/mol. The maximum Gasteiger partial charge on any atom is 0.405 e. The average Bonchev–Trinajstić information content (AvgIpc) is 2.91. The topological polar surface area (TPSA) is 85.3 Å². The lowest BCUT2D eigenvalue weighted by Gasteiger charge is -2.09. The molecular weight excluding hydrogens is 323 g/mol. The summed E-state index contributed by atoms with van der Waals surface area (Å²) < 4.78 is 37.9. The third kappa shape index (κ3) is 3.45. The number of nitrogens with one attached hydrogen (secondary N) is 1. The molecule has 3 N–H and O–H groups in total. The Morgan fingerprint density at radius 1 is 1.12 bits per heavy atom. The van der Waals surface area contributed by atoms with Gasteiger partial charge in [-0.1, -0.05) is 12.1 Å². The van der Waals surface area contributed by atoms with Crippen molar-refractivity contribution >= 4 is 17.5 Å². The summed E-state index contributed by atoms with van der Waals surface area (Å²) >= 11 is 0. The number of nitrogens with zero attached hydrogens (tertiary/aromatic N) is 3. The fourth-order valence-corrected chi connectivity index (χ4v) is 2.17. The highest BCUT2D eigenvalue weighted by molar-refractivity contribution is 5.94. The van der Waals surface area contributed by atoms with Crippen LogP contribution in [-0.4, -0.2) is 33.2 Å². The van der Waals surface area contributed by atoms with Gasteiger partial charge >= 0.3 is 6.18 Å². The molecule has 1 amide bonds. The van der Waals surface area contributed by atoms with Gasteiger partial charge in [0.25, 0.3) is 5.91 Å². The van der Waals surface area contributed by atoms with E-state index in [1.54, 1.807) is 24.4 Å². The van der Waals surface area contributed by atoms with Crippen LogP contribution in [0.25, 0.3) is 16.8 Å². The normalized spacial score (nSPS) is 11.6. The smallest absolute Gasteiger partial charge is 0.366 e. The quantitative estimate of drug-likeness (QED) is 0.769. The predicted molar refractivity (Wildman–Crippen MR) is 81.2 cm³/mol. The van der Waals surface area contributed by atoms with E-state index in [9.17, 15) is 18.0 Å². The number of rotatable bonds is 3. The molecule has 0 bridgehead atoms. The van der Waals surface area contributed by atoms with Gasteiger partial charge in [-0.2, -0.15) is 18.2 Å². The number of anilines is 1. The summed E-state index contributed by atoms with van der Waals surface area (Å²) in [6.07, 6.45) is -2.72. The molecule has 0 spiro atoms. The van der Waals surface area contributed by atoms with E-state index in [-0.39, 0.29) is 11.5 Å². The van der Waals surface area contributed by atoms with Gasteiger partial charge in [0.1, 0.15) is 6.54 Å². The first-order valence-electron chi connectivity index (χ1n) is 6.89. The van der Waals surface area contributed by atoms with E-state index in [1.165, 1.54) is 16.6 Å². The molecule has 0 aliphatic carbocycles. The van der Waals surface area contributed by atoms with Crippen LogP contribution in [0.2, 0.25) is 0 Å². The van der Waals surface area contributed by atoms with Gasteiger partial charge in [0.15, 0.2) is 5.65 Å². The first-order chi connectivity index (χ1) is 11.3. The van der Waals surface area contributed by atoms with Crippen molar-refractivity contribution in [1.29, 1.82) is 0 Å². The number of nitrogens with two attached hydrogens (primary N) is 1. The highest BCUT2D eigenvalue weighted by Crippen LogP contribution is 2.21. The Hall–Kier alpha value is -3.10. The second kappa shape index (κ2) is 5.84. The molecule has 3 rings (SSSR count). The second-order valence-electron chi connectivity index (χ2n) is 5.07. The lowest BCUT2D eigenvalue weighted by molar-refractivity contribution is -0.123. The Morgan fingerprint density at radius 2 is 1.79 bits per heavy atom. The number of carbonyl (C=O) groups is 1. The number of carbonyl (C=O) groups excluding carboxylic acids is 1. The average molecular weight is 335 g/mol. The van der Waals surface area contributed by atoms with Crippen LogP contribution in [0.5, 0.6) is 0 Å². The van der Waals surface area contributed by atoms with Crippen LogP contribution in [0.15, 0.2) is 42.6 Å².